The molecule has 90 valence electrons. The quantitative estimate of drug-likeness (QED) is 0.841. The number of aromatic amines is 1. The van der Waals surface area contributed by atoms with Crippen molar-refractivity contribution in [1.82, 2.24) is 10.3 Å². The van der Waals surface area contributed by atoms with Gasteiger partial charge in [-0.1, -0.05) is 18.2 Å². The van der Waals surface area contributed by atoms with Gasteiger partial charge in [0, 0.05) is 23.6 Å². The number of aromatic nitrogens is 1. The largest absolute Gasteiger partial charge is 0.361 e. The zero-order valence-electron chi connectivity index (χ0n) is 9.04. The molecule has 0 atom stereocenters. The maximum absolute atomic E-state index is 11.9. The molecule has 3 nitrogen and oxygen atoms in total. The lowest BCUT2D eigenvalue weighted by Gasteiger charge is -2.03. The number of benzene rings is 1. The highest BCUT2D eigenvalue weighted by atomic mass is 19.3. The molecule has 0 aliphatic heterocycles. The Morgan fingerprint density at radius 1 is 1.35 bits per heavy atom. The highest BCUT2D eigenvalue weighted by Crippen LogP contribution is 2.17. The average molecular weight is 238 g/mol. The van der Waals surface area contributed by atoms with Gasteiger partial charge in [0.1, 0.15) is 0 Å². The number of hydrogen-bond acceptors (Lipinski definition) is 1. The molecule has 2 rings (SSSR count). The molecule has 17 heavy (non-hydrogen) atoms. The summed E-state index contributed by atoms with van der Waals surface area (Å²) in [4.78, 5) is 13.8. The predicted molar refractivity (Wildman–Crippen MR) is 61.0 cm³/mol. The number of hydrogen-bond donors (Lipinski definition) is 2. The highest BCUT2D eigenvalue weighted by Gasteiger charge is 2.13. The molecule has 2 aromatic rings. The van der Waals surface area contributed by atoms with E-state index in [2.05, 4.69) is 10.3 Å². The Labute approximate surface area is 96.8 Å². The summed E-state index contributed by atoms with van der Waals surface area (Å²) < 4.78 is 23.9. The van der Waals surface area contributed by atoms with E-state index in [4.69, 9.17) is 0 Å². The Hall–Kier alpha value is -1.91. The van der Waals surface area contributed by atoms with E-state index in [0.29, 0.717) is 6.42 Å². The molecule has 1 aromatic heterocycles. The van der Waals surface area contributed by atoms with Gasteiger partial charge in [-0.25, -0.2) is 0 Å². The van der Waals surface area contributed by atoms with E-state index in [1.807, 2.05) is 30.5 Å². The van der Waals surface area contributed by atoms with Crippen LogP contribution >= 0.6 is 0 Å². The Bertz CT molecular complexity index is 522. The van der Waals surface area contributed by atoms with E-state index in [0.717, 1.165) is 16.5 Å². The number of rotatable bonds is 4. The van der Waals surface area contributed by atoms with Crippen LogP contribution in [0.15, 0.2) is 30.5 Å². The third-order valence-corrected chi connectivity index (χ3v) is 2.57. The van der Waals surface area contributed by atoms with E-state index in [1.54, 1.807) is 0 Å². The van der Waals surface area contributed by atoms with Gasteiger partial charge in [0.05, 0.1) is 0 Å². The number of fused-ring (bicyclic) bond motifs is 1. The first-order chi connectivity index (χ1) is 8.18. The maximum atomic E-state index is 11.9. The van der Waals surface area contributed by atoms with Crippen molar-refractivity contribution in [3.8, 4) is 0 Å². The Morgan fingerprint density at radius 2 is 2.12 bits per heavy atom. The minimum absolute atomic E-state index is 0.213. The van der Waals surface area contributed by atoms with Crippen LogP contribution in [-0.4, -0.2) is 23.9 Å². The lowest BCUT2D eigenvalue weighted by atomic mass is 10.1. The summed E-state index contributed by atoms with van der Waals surface area (Å²) in [7, 11) is 0. The summed E-state index contributed by atoms with van der Waals surface area (Å²) in [5.41, 5.74) is 2.01. The first kappa shape index (κ1) is 11.6. The van der Waals surface area contributed by atoms with Gasteiger partial charge in [0.25, 0.3) is 5.91 Å². The van der Waals surface area contributed by atoms with Crippen LogP contribution in [0, 0.1) is 0 Å². The number of nitrogens with one attached hydrogen (secondary N) is 2. The number of carbonyl (C=O) groups is 1. The number of carbonyl (C=O) groups excluding carboxylic acids is 1. The van der Waals surface area contributed by atoms with Crippen LogP contribution in [0.1, 0.15) is 5.56 Å². The second-order valence-electron chi connectivity index (χ2n) is 3.70. The van der Waals surface area contributed by atoms with Crippen LogP contribution in [0.25, 0.3) is 10.9 Å². The molecule has 1 aromatic carbocycles. The summed E-state index contributed by atoms with van der Waals surface area (Å²) in [6.45, 7) is 0.213. The maximum Gasteiger partial charge on any atom is 0.315 e. The monoisotopic (exact) mass is 238 g/mol. The van der Waals surface area contributed by atoms with Gasteiger partial charge in [-0.05, 0) is 18.1 Å². The molecule has 0 radical (unpaired) electrons. The van der Waals surface area contributed by atoms with Gasteiger partial charge in [0.15, 0.2) is 0 Å². The van der Waals surface area contributed by atoms with E-state index in [1.165, 1.54) is 0 Å². The van der Waals surface area contributed by atoms with E-state index >= 15 is 0 Å². The fourth-order valence-corrected chi connectivity index (χ4v) is 1.74. The van der Waals surface area contributed by atoms with Crippen LogP contribution in [0.3, 0.4) is 0 Å². The topological polar surface area (TPSA) is 44.9 Å². The molecule has 0 bridgehead atoms. The average Bonchev–Trinajstić information content (AvgIpc) is 2.72. The van der Waals surface area contributed by atoms with Crippen LogP contribution in [-0.2, 0) is 11.2 Å². The Kier molecular flexibility index (Phi) is 3.37. The Balaban J connectivity index is 1.98. The van der Waals surface area contributed by atoms with Gasteiger partial charge in [0.2, 0.25) is 0 Å². The second kappa shape index (κ2) is 4.95. The molecule has 0 aliphatic rings. The molecule has 0 aliphatic carbocycles. The summed E-state index contributed by atoms with van der Waals surface area (Å²) in [6.07, 6.45) is -0.584. The molecule has 0 saturated heterocycles. The lowest BCUT2D eigenvalue weighted by molar-refractivity contribution is -0.131. The van der Waals surface area contributed by atoms with E-state index < -0.39 is 12.3 Å². The van der Waals surface area contributed by atoms with Gasteiger partial charge >= 0.3 is 6.43 Å². The van der Waals surface area contributed by atoms with Crippen molar-refractivity contribution >= 4 is 16.8 Å². The molecule has 0 unspecified atom stereocenters. The minimum Gasteiger partial charge on any atom is -0.361 e. The number of alkyl halides is 2. The van der Waals surface area contributed by atoms with Gasteiger partial charge in [-0.15, -0.1) is 0 Å². The van der Waals surface area contributed by atoms with Crippen molar-refractivity contribution in [2.75, 3.05) is 6.54 Å². The number of H-pyrrole nitrogens is 1. The van der Waals surface area contributed by atoms with Crippen LogP contribution in [0.2, 0.25) is 0 Å². The van der Waals surface area contributed by atoms with E-state index in [-0.39, 0.29) is 6.54 Å². The van der Waals surface area contributed by atoms with Crippen molar-refractivity contribution in [2.24, 2.45) is 0 Å². The molecule has 5 heteroatoms. The summed E-state index contributed by atoms with van der Waals surface area (Å²) in [5, 5.41) is 3.24. The molecule has 0 spiro atoms. The third kappa shape index (κ3) is 2.61. The zero-order valence-corrected chi connectivity index (χ0v) is 9.04. The minimum atomic E-state index is -2.95. The van der Waals surface area contributed by atoms with Crippen molar-refractivity contribution in [3.05, 3.63) is 36.0 Å². The zero-order chi connectivity index (χ0) is 12.3. The van der Waals surface area contributed by atoms with Crippen LogP contribution in [0.5, 0.6) is 0 Å². The predicted octanol–water partition coefficient (Wildman–Crippen LogP) is 2.09. The SMILES string of the molecule is O=C(NCCc1c[nH]c2ccccc12)C(F)F. The Morgan fingerprint density at radius 3 is 2.88 bits per heavy atom. The summed E-state index contributed by atoms with van der Waals surface area (Å²) in [5.74, 6) is -1.22. The van der Waals surface area contributed by atoms with Crippen LogP contribution < -0.4 is 5.32 Å². The third-order valence-electron chi connectivity index (χ3n) is 2.57. The van der Waals surface area contributed by atoms with Crippen molar-refractivity contribution < 1.29 is 13.6 Å². The summed E-state index contributed by atoms with van der Waals surface area (Å²) in [6, 6.07) is 7.73. The molecule has 1 amide bonds. The van der Waals surface area contributed by atoms with Crippen molar-refractivity contribution in [2.45, 2.75) is 12.8 Å². The molecule has 2 N–H and O–H groups in total. The molecule has 0 saturated carbocycles. The summed E-state index contributed by atoms with van der Waals surface area (Å²) >= 11 is 0. The number of para-hydroxylation sites is 1. The highest BCUT2D eigenvalue weighted by molar-refractivity contribution is 5.83. The number of amides is 1. The fraction of sp³-hybridized carbons (Fsp3) is 0.250. The van der Waals surface area contributed by atoms with Gasteiger partial charge in [-0.2, -0.15) is 8.78 Å². The molecular formula is C12H12F2N2O. The molecular weight excluding hydrogens is 226 g/mol. The molecule has 0 fully saturated rings. The normalized spacial score (nSPS) is 11.0. The van der Waals surface area contributed by atoms with Crippen molar-refractivity contribution in [3.63, 3.8) is 0 Å². The first-order valence-corrected chi connectivity index (χ1v) is 5.29. The number of halogens is 2. The van der Waals surface area contributed by atoms with E-state index in [9.17, 15) is 13.6 Å². The standard InChI is InChI=1S/C12H12F2N2O/c13-11(14)12(17)15-6-5-8-7-16-10-4-2-1-3-9(8)10/h1-4,7,11,16H,5-6H2,(H,15,17). The smallest absolute Gasteiger partial charge is 0.315 e. The van der Waals surface area contributed by atoms with Gasteiger partial charge < -0.3 is 10.3 Å². The fourth-order valence-electron chi connectivity index (χ4n) is 1.74. The first-order valence-electron chi connectivity index (χ1n) is 5.29. The second-order valence-corrected chi connectivity index (χ2v) is 3.70. The lowest BCUT2D eigenvalue weighted by Crippen LogP contribution is -2.31. The van der Waals surface area contributed by atoms with Gasteiger partial charge in [-0.3, -0.25) is 4.79 Å². The van der Waals surface area contributed by atoms with Crippen LogP contribution in [0.4, 0.5) is 8.78 Å². The van der Waals surface area contributed by atoms with Crippen molar-refractivity contribution in [1.29, 1.82) is 0 Å². The molecule has 1 heterocycles.